The summed E-state index contributed by atoms with van der Waals surface area (Å²) in [4.78, 5) is 37.3. The quantitative estimate of drug-likeness (QED) is 0.338. The van der Waals surface area contributed by atoms with Crippen molar-refractivity contribution in [1.82, 2.24) is 19.8 Å². The number of ether oxygens (including phenoxy) is 4. The monoisotopic (exact) mass is 534 g/mol. The number of methoxy groups -OCH3 is 4. The minimum Gasteiger partial charge on any atom is -0.481 e. The van der Waals surface area contributed by atoms with Crippen molar-refractivity contribution >= 4 is 24.0 Å². The summed E-state index contributed by atoms with van der Waals surface area (Å²) >= 11 is 0. The minimum atomic E-state index is -0.103. The molecule has 3 rings (SSSR count). The van der Waals surface area contributed by atoms with Crippen LogP contribution in [0.3, 0.4) is 0 Å². The molecule has 0 N–H and O–H groups in total. The first kappa shape index (κ1) is 29.0. The van der Waals surface area contributed by atoms with Crippen molar-refractivity contribution < 1.29 is 28.5 Å². The lowest BCUT2D eigenvalue weighted by atomic mass is 10.2. The lowest BCUT2D eigenvalue weighted by Gasteiger charge is -2.20. The van der Waals surface area contributed by atoms with Crippen LogP contribution in [-0.4, -0.2) is 86.2 Å². The number of aromatic nitrogens is 2. The van der Waals surface area contributed by atoms with Gasteiger partial charge in [-0.25, -0.2) is 0 Å². The molecular weight excluding hydrogens is 500 g/mol. The number of amides is 2. The zero-order chi connectivity index (χ0) is 28.0. The van der Waals surface area contributed by atoms with E-state index >= 15 is 0 Å². The number of hydrogen-bond acceptors (Lipinski definition) is 8. The van der Waals surface area contributed by atoms with Crippen LogP contribution in [-0.2, 0) is 9.59 Å². The van der Waals surface area contributed by atoms with Gasteiger partial charge >= 0.3 is 0 Å². The molecule has 10 nitrogen and oxygen atoms in total. The van der Waals surface area contributed by atoms with Gasteiger partial charge in [0.15, 0.2) is 0 Å². The Morgan fingerprint density at radius 1 is 0.641 bits per heavy atom. The van der Waals surface area contributed by atoms with Crippen LogP contribution >= 0.6 is 0 Å². The van der Waals surface area contributed by atoms with Crippen molar-refractivity contribution in [3.05, 3.63) is 71.8 Å². The Bertz CT molecular complexity index is 1160. The van der Waals surface area contributed by atoms with E-state index in [-0.39, 0.29) is 11.8 Å². The van der Waals surface area contributed by atoms with E-state index in [4.69, 9.17) is 18.9 Å². The van der Waals surface area contributed by atoms with Gasteiger partial charge in [-0.1, -0.05) is 24.3 Å². The van der Waals surface area contributed by atoms with Gasteiger partial charge in [-0.2, -0.15) is 9.97 Å². The second-order valence-electron chi connectivity index (χ2n) is 8.34. The van der Waals surface area contributed by atoms with Crippen molar-refractivity contribution in [3.8, 4) is 23.5 Å². The molecule has 0 radical (unpaired) electrons. The second-order valence-corrected chi connectivity index (χ2v) is 8.34. The third kappa shape index (κ3) is 8.46. The highest BCUT2D eigenvalue weighted by Gasteiger charge is 2.19. The summed E-state index contributed by atoms with van der Waals surface area (Å²) in [6.07, 6.45) is 14.2. The Hall–Kier alpha value is -4.60. The van der Waals surface area contributed by atoms with E-state index in [9.17, 15) is 9.59 Å². The van der Waals surface area contributed by atoms with Gasteiger partial charge in [0.05, 0.1) is 28.4 Å². The maximum atomic E-state index is 12.7. The number of hydrogen-bond donors (Lipinski definition) is 0. The zero-order valence-corrected chi connectivity index (χ0v) is 22.7. The standard InChI is InChI=1S/C29H34N4O6/c1-36-24-16-14-22(28(30-24)38-3)10-5-7-12-26(34)32-18-9-19-33(21-20-32)27(35)13-8-6-11-23-15-17-25(37-2)31-29(23)39-4/h5-8,10-17H,9,18-21H2,1-4H3/b10-5+,11-6+,12-7+,13-8+. The van der Waals surface area contributed by atoms with Gasteiger partial charge in [0, 0.05) is 61.6 Å². The van der Waals surface area contributed by atoms with Gasteiger partial charge in [-0.15, -0.1) is 0 Å². The number of carbonyl (C=O) groups is 2. The summed E-state index contributed by atoms with van der Waals surface area (Å²) in [7, 11) is 6.16. The molecule has 2 aromatic rings. The largest absolute Gasteiger partial charge is 0.481 e. The maximum absolute atomic E-state index is 12.7. The molecule has 206 valence electrons. The van der Waals surface area contributed by atoms with Crippen molar-refractivity contribution in [2.24, 2.45) is 0 Å². The van der Waals surface area contributed by atoms with Crippen LogP contribution in [0, 0.1) is 0 Å². The Balaban J connectivity index is 1.50. The fraction of sp³-hybridized carbons (Fsp3) is 0.310. The molecule has 1 saturated heterocycles. The number of pyridine rings is 2. The number of rotatable bonds is 10. The Kier molecular flexibility index (Phi) is 11.1. The lowest BCUT2D eigenvalue weighted by molar-refractivity contribution is -0.128. The molecule has 0 aromatic carbocycles. The van der Waals surface area contributed by atoms with E-state index in [1.807, 2.05) is 12.1 Å². The third-order valence-corrected chi connectivity index (χ3v) is 5.90. The summed E-state index contributed by atoms with van der Waals surface area (Å²) in [5, 5.41) is 0. The molecule has 0 saturated carbocycles. The summed E-state index contributed by atoms with van der Waals surface area (Å²) < 4.78 is 20.8. The van der Waals surface area contributed by atoms with E-state index < -0.39 is 0 Å². The Labute approximate surface area is 228 Å². The van der Waals surface area contributed by atoms with Crippen LogP contribution in [0.15, 0.2) is 60.7 Å². The number of nitrogens with zero attached hydrogens (tertiary/aromatic N) is 4. The van der Waals surface area contributed by atoms with Gasteiger partial charge in [0.2, 0.25) is 35.3 Å². The molecule has 10 heteroatoms. The van der Waals surface area contributed by atoms with Crippen molar-refractivity contribution in [2.75, 3.05) is 54.6 Å². The average molecular weight is 535 g/mol. The summed E-state index contributed by atoms with van der Waals surface area (Å²) in [5.74, 6) is 1.59. The first-order valence-corrected chi connectivity index (χ1v) is 12.4. The highest BCUT2D eigenvalue weighted by molar-refractivity contribution is 5.89. The number of carbonyl (C=O) groups excluding carboxylic acids is 2. The third-order valence-electron chi connectivity index (χ3n) is 5.90. The van der Waals surface area contributed by atoms with Gasteiger partial charge in [-0.3, -0.25) is 9.59 Å². The molecule has 1 fully saturated rings. The van der Waals surface area contributed by atoms with Gasteiger partial charge in [0.25, 0.3) is 0 Å². The van der Waals surface area contributed by atoms with E-state index in [0.29, 0.717) is 56.1 Å². The lowest BCUT2D eigenvalue weighted by Crippen LogP contribution is -2.36. The van der Waals surface area contributed by atoms with Crippen molar-refractivity contribution in [3.63, 3.8) is 0 Å². The summed E-state index contributed by atoms with van der Waals surface area (Å²) in [5.41, 5.74) is 1.53. The SMILES string of the molecule is COc1ccc(/C=C/C=C/C(=O)N2CCCN(C(=O)/C=C/C=C/c3ccc(OC)nc3OC)CC2)c(OC)n1. The van der Waals surface area contributed by atoms with Gasteiger partial charge in [-0.05, 0) is 30.7 Å². The number of allylic oxidation sites excluding steroid dienone is 4. The van der Waals surface area contributed by atoms with Crippen LogP contribution in [0.5, 0.6) is 23.5 Å². The summed E-state index contributed by atoms with van der Waals surface area (Å²) in [6, 6.07) is 7.13. The molecule has 0 spiro atoms. The van der Waals surface area contributed by atoms with Crippen molar-refractivity contribution in [2.45, 2.75) is 6.42 Å². The molecule has 3 heterocycles. The van der Waals surface area contributed by atoms with E-state index in [2.05, 4.69) is 9.97 Å². The highest BCUT2D eigenvalue weighted by Crippen LogP contribution is 2.22. The molecule has 1 aliphatic heterocycles. The van der Waals surface area contributed by atoms with E-state index in [0.717, 1.165) is 11.1 Å². The van der Waals surface area contributed by atoms with Crippen LogP contribution in [0.4, 0.5) is 0 Å². The van der Waals surface area contributed by atoms with Gasteiger partial charge in [0.1, 0.15) is 0 Å². The molecule has 0 unspecified atom stereocenters. The Morgan fingerprint density at radius 2 is 1.08 bits per heavy atom. The topological polar surface area (TPSA) is 103 Å². The van der Waals surface area contributed by atoms with Crippen molar-refractivity contribution in [1.29, 1.82) is 0 Å². The zero-order valence-electron chi connectivity index (χ0n) is 22.7. The molecule has 2 amide bonds. The fourth-order valence-corrected chi connectivity index (χ4v) is 3.84. The smallest absolute Gasteiger partial charge is 0.246 e. The van der Waals surface area contributed by atoms with Crippen LogP contribution in [0.2, 0.25) is 0 Å². The van der Waals surface area contributed by atoms with Gasteiger partial charge < -0.3 is 28.7 Å². The Morgan fingerprint density at radius 3 is 1.46 bits per heavy atom. The minimum absolute atomic E-state index is 0.103. The molecule has 39 heavy (non-hydrogen) atoms. The van der Waals surface area contributed by atoms with Crippen LogP contribution in [0.25, 0.3) is 12.2 Å². The first-order chi connectivity index (χ1) is 19.0. The second kappa shape index (κ2) is 15.0. The molecule has 0 atom stereocenters. The van der Waals surface area contributed by atoms with E-state index in [1.165, 1.54) is 26.4 Å². The molecule has 2 aromatic heterocycles. The van der Waals surface area contributed by atoms with Crippen LogP contribution < -0.4 is 18.9 Å². The predicted octanol–water partition coefficient (Wildman–Crippen LogP) is 3.41. The molecule has 0 aliphatic carbocycles. The summed E-state index contributed by atoms with van der Waals surface area (Å²) in [6.45, 7) is 2.10. The molecular formula is C29H34N4O6. The normalized spacial score (nSPS) is 14.4. The average Bonchev–Trinajstić information content (AvgIpc) is 3.24. The van der Waals surface area contributed by atoms with E-state index in [1.54, 1.807) is 72.6 Å². The fourth-order valence-electron chi connectivity index (χ4n) is 3.84. The maximum Gasteiger partial charge on any atom is 0.246 e. The first-order valence-electron chi connectivity index (χ1n) is 12.4. The molecule has 1 aliphatic rings. The predicted molar refractivity (Wildman–Crippen MR) is 149 cm³/mol. The van der Waals surface area contributed by atoms with Crippen LogP contribution in [0.1, 0.15) is 17.5 Å². The highest BCUT2D eigenvalue weighted by atomic mass is 16.5. The molecule has 0 bridgehead atoms.